The lowest BCUT2D eigenvalue weighted by Crippen LogP contribution is -2.13. The number of nitrogens with one attached hydrogen (secondary N) is 1. The Bertz CT molecular complexity index is 781. The smallest absolute Gasteiger partial charge is 0.261 e. The molecule has 2 aromatic rings. The van der Waals surface area contributed by atoms with E-state index in [0.29, 0.717) is 11.8 Å². The first-order valence-corrected chi connectivity index (χ1v) is 7.51. The Morgan fingerprint density at radius 2 is 1.81 bits per heavy atom. The van der Waals surface area contributed by atoms with Gasteiger partial charge in [-0.3, -0.25) is 4.72 Å². The zero-order valence-electron chi connectivity index (χ0n) is 10.7. The molecule has 8 heteroatoms. The van der Waals surface area contributed by atoms with Gasteiger partial charge in [0.2, 0.25) is 0 Å². The summed E-state index contributed by atoms with van der Waals surface area (Å²) in [6.07, 6.45) is 0. The lowest BCUT2D eigenvalue weighted by molar-refractivity contribution is 0.415. The first-order valence-electron chi connectivity index (χ1n) is 5.65. The zero-order chi connectivity index (χ0) is 15.6. The molecule has 0 atom stereocenters. The van der Waals surface area contributed by atoms with E-state index in [2.05, 4.69) is 4.72 Å². The summed E-state index contributed by atoms with van der Waals surface area (Å²) >= 11 is 5.88. The number of benzene rings is 2. The molecule has 0 fully saturated rings. The summed E-state index contributed by atoms with van der Waals surface area (Å²) in [6, 6.07) is 6.56. The molecule has 2 aromatic carbocycles. The Hall–Kier alpha value is -1.86. The van der Waals surface area contributed by atoms with Crippen molar-refractivity contribution in [2.75, 3.05) is 11.8 Å². The number of methoxy groups -OCH3 is 1. The molecule has 112 valence electrons. The van der Waals surface area contributed by atoms with Gasteiger partial charge in [0.05, 0.1) is 22.7 Å². The van der Waals surface area contributed by atoms with Gasteiger partial charge < -0.3 is 4.74 Å². The second kappa shape index (κ2) is 5.87. The van der Waals surface area contributed by atoms with E-state index in [1.54, 1.807) is 0 Å². The lowest BCUT2D eigenvalue weighted by atomic mass is 10.3. The third-order valence-electron chi connectivity index (χ3n) is 2.61. The molecule has 0 heterocycles. The van der Waals surface area contributed by atoms with Crippen molar-refractivity contribution < 1.29 is 21.9 Å². The highest BCUT2D eigenvalue weighted by molar-refractivity contribution is 7.92. The van der Waals surface area contributed by atoms with Crippen LogP contribution in [0, 0.1) is 11.6 Å². The van der Waals surface area contributed by atoms with Crippen LogP contribution < -0.4 is 9.46 Å². The normalized spacial score (nSPS) is 11.2. The van der Waals surface area contributed by atoms with E-state index >= 15 is 0 Å². The number of hydrogen-bond donors (Lipinski definition) is 1. The van der Waals surface area contributed by atoms with Gasteiger partial charge in [-0.05, 0) is 36.4 Å². The highest BCUT2D eigenvalue weighted by Crippen LogP contribution is 2.28. The average Bonchev–Trinajstić information content (AvgIpc) is 2.41. The van der Waals surface area contributed by atoms with Crippen molar-refractivity contribution in [3.05, 3.63) is 53.1 Å². The van der Waals surface area contributed by atoms with E-state index in [1.165, 1.54) is 25.3 Å². The maximum Gasteiger partial charge on any atom is 0.261 e. The second-order valence-electron chi connectivity index (χ2n) is 4.03. The lowest BCUT2D eigenvalue weighted by Gasteiger charge is -2.10. The molecule has 0 radical (unpaired) electrons. The van der Waals surface area contributed by atoms with Crippen molar-refractivity contribution in [3.63, 3.8) is 0 Å². The van der Waals surface area contributed by atoms with Crippen molar-refractivity contribution in [1.29, 1.82) is 0 Å². The molecule has 0 aliphatic rings. The van der Waals surface area contributed by atoms with Crippen LogP contribution in [-0.2, 0) is 10.0 Å². The van der Waals surface area contributed by atoms with Gasteiger partial charge in [0, 0.05) is 0 Å². The minimum atomic E-state index is -4.05. The fourth-order valence-corrected chi connectivity index (χ4v) is 2.91. The Balaban J connectivity index is 2.32. The van der Waals surface area contributed by atoms with Gasteiger partial charge in [-0.15, -0.1) is 0 Å². The molecule has 2 rings (SSSR count). The van der Waals surface area contributed by atoms with Gasteiger partial charge in [0.15, 0.2) is 11.6 Å². The van der Waals surface area contributed by atoms with Crippen LogP contribution in [0.15, 0.2) is 41.3 Å². The van der Waals surface area contributed by atoms with Crippen molar-refractivity contribution >= 4 is 27.3 Å². The SMILES string of the molecule is COc1ccc(NS(=O)(=O)c2ccc(F)c(F)c2)cc1Cl. The highest BCUT2D eigenvalue weighted by Gasteiger charge is 2.17. The fraction of sp³-hybridized carbons (Fsp3) is 0.0769. The summed E-state index contributed by atoms with van der Waals surface area (Å²) in [5, 5.41) is 0.211. The Labute approximate surface area is 125 Å². The van der Waals surface area contributed by atoms with E-state index in [-0.39, 0.29) is 10.7 Å². The minimum absolute atomic E-state index is 0.172. The number of ether oxygens (including phenoxy) is 1. The van der Waals surface area contributed by atoms with Crippen molar-refractivity contribution in [2.45, 2.75) is 4.90 Å². The Morgan fingerprint density at radius 3 is 2.38 bits per heavy atom. The van der Waals surface area contributed by atoms with Crippen molar-refractivity contribution in [3.8, 4) is 5.75 Å². The molecule has 0 saturated carbocycles. The van der Waals surface area contributed by atoms with Crippen LogP contribution in [0.5, 0.6) is 5.75 Å². The first kappa shape index (κ1) is 15.5. The van der Waals surface area contributed by atoms with Crippen molar-refractivity contribution in [1.82, 2.24) is 0 Å². The molecular weight excluding hydrogens is 324 g/mol. The molecule has 4 nitrogen and oxygen atoms in total. The maximum absolute atomic E-state index is 13.1. The maximum atomic E-state index is 13.1. The number of hydrogen-bond acceptors (Lipinski definition) is 3. The summed E-state index contributed by atoms with van der Waals surface area (Å²) in [4.78, 5) is -0.395. The molecule has 0 amide bonds. The number of rotatable bonds is 4. The van der Waals surface area contributed by atoms with E-state index in [1.807, 2.05) is 0 Å². The van der Waals surface area contributed by atoms with Crippen LogP contribution in [0.1, 0.15) is 0 Å². The molecule has 0 bridgehead atoms. The van der Waals surface area contributed by atoms with Crippen LogP contribution >= 0.6 is 11.6 Å². The first-order chi connectivity index (χ1) is 9.83. The van der Waals surface area contributed by atoms with Gasteiger partial charge in [-0.2, -0.15) is 0 Å². The summed E-state index contributed by atoms with van der Waals surface area (Å²) < 4.78 is 57.2. The molecule has 0 aliphatic carbocycles. The number of sulfonamides is 1. The summed E-state index contributed by atoms with van der Waals surface area (Å²) in [6.45, 7) is 0. The van der Waals surface area contributed by atoms with E-state index in [0.717, 1.165) is 12.1 Å². The quantitative estimate of drug-likeness (QED) is 0.932. The third-order valence-corrected chi connectivity index (χ3v) is 4.28. The standard InChI is InChI=1S/C13H10ClF2NO3S/c1-20-13-5-2-8(6-10(13)14)17-21(18,19)9-3-4-11(15)12(16)7-9/h2-7,17H,1H3. The molecule has 0 aliphatic heterocycles. The van der Waals surface area contributed by atoms with Crippen LogP contribution in [0.25, 0.3) is 0 Å². The topological polar surface area (TPSA) is 55.4 Å². The van der Waals surface area contributed by atoms with E-state index in [4.69, 9.17) is 16.3 Å². The van der Waals surface area contributed by atoms with Gasteiger partial charge in [0.1, 0.15) is 5.75 Å². The predicted octanol–water partition coefficient (Wildman–Crippen LogP) is 3.43. The monoisotopic (exact) mass is 333 g/mol. The Kier molecular flexibility index (Phi) is 4.34. The number of anilines is 1. The van der Waals surface area contributed by atoms with Gasteiger partial charge >= 0.3 is 0 Å². The molecular formula is C13H10ClF2NO3S. The molecule has 0 saturated heterocycles. The molecule has 0 spiro atoms. The molecule has 0 unspecified atom stereocenters. The zero-order valence-corrected chi connectivity index (χ0v) is 12.3. The van der Waals surface area contributed by atoms with Gasteiger partial charge in [-0.1, -0.05) is 11.6 Å². The molecule has 1 N–H and O–H groups in total. The largest absolute Gasteiger partial charge is 0.495 e. The van der Waals surface area contributed by atoms with E-state index < -0.39 is 26.6 Å². The van der Waals surface area contributed by atoms with Crippen molar-refractivity contribution in [2.24, 2.45) is 0 Å². The predicted molar refractivity (Wildman–Crippen MR) is 75.2 cm³/mol. The van der Waals surface area contributed by atoms with Crippen LogP contribution in [0.4, 0.5) is 14.5 Å². The highest BCUT2D eigenvalue weighted by atomic mass is 35.5. The Morgan fingerprint density at radius 1 is 1.10 bits per heavy atom. The fourth-order valence-electron chi connectivity index (χ4n) is 1.59. The van der Waals surface area contributed by atoms with Crippen LogP contribution in [-0.4, -0.2) is 15.5 Å². The summed E-state index contributed by atoms with van der Waals surface area (Å²) in [7, 11) is -2.62. The van der Waals surface area contributed by atoms with E-state index in [9.17, 15) is 17.2 Å². The van der Waals surface area contributed by atoms with Gasteiger partial charge in [-0.25, -0.2) is 17.2 Å². The average molecular weight is 334 g/mol. The second-order valence-corrected chi connectivity index (χ2v) is 6.12. The summed E-state index contributed by atoms with van der Waals surface area (Å²) in [5.41, 5.74) is 0.172. The van der Waals surface area contributed by atoms with Gasteiger partial charge in [0.25, 0.3) is 10.0 Å². The third kappa shape index (κ3) is 3.43. The van der Waals surface area contributed by atoms with Crippen LogP contribution in [0.2, 0.25) is 5.02 Å². The number of halogens is 3. The minimum Gasteiger partial charge on any atom is -0.495 e. The summed E-state index contributed by atoms with van der Waals surface area (Å²) in [5.74, 6) is -1.99. The molecule has 0 aromatic heterocycles. The van der Waals surface area contributed by atoms with Crippen LogP contribution in [0.3, 0.4) is 0 Å². The molecule has 21 heavy (non-hydrogen) atoms.